The van der Waals surface area contributed by atoms with Crippen molar-refractivity contribution in [3.8, 4) is 0 Å². The van der Waals surface area contributed by atoms with Crippen molar-refractivity contribution in [2.75, 3.05) is 17.2 Å². The molecule has 5 nitrogen and oxygen atoms in total. The summed E-state index contributed by atoms with van der Waals surface area (Å²) < 4.78 is 0. The standard InChI is InChI=1S/C14H21N3O2/c1-4-13(18)16-11-5-7-12(8-6-11)17-14(19)15-9-10(2)3/h5-8,10H,4,9H2,1-3H3,(H,16,18)(H2,15,17,19). The van der Waals surface area contributed by atoms with Crippen molar-refractivity contribution in [3.63, 3.8) is 0 Å². The van der Waals surface area contributed by atoms with Crippen LogP contribution in [0.4, 0.5) is 16.2 Å². The third-order valence-electron chi connectivity index (χ3n) is 2.42. The molecule has 0 saturated heterocycles. The molecule has 1 aromatic carbocycles. The predicted molar refractivity (Wildman–Crippen MR) is 77.2 cm³/mol. The van der Waals surface area contributed by atoms with Gasteiger partial charge in [-0.3, -0.25) is 4.79 Å². The van der Waals surface area contributed by atoms with E-state index in [-0.39, 0.29) is 11.9 Å². The van der Waals surface area contributed by atoms with Gasteiger partial charge in [-0.05, 0) is 30.2 Å². The van der Waals surface area contributed by atoms with Gasteiger partial charge >= 0.3 is 6.03 Å². The smallest absolute Gasteiger partial charge is 0.319 e. The van der Waals surface area contributed by atoms with E-state index in [9.17, 15) is 9.59 Å². The molecule has 0 fully saturated rings. The Kier molecular flexibility index (Phi) is 5.85. The summed E-state index contributed by atoms with van der Waals surface area (Å²) in [6.45, 7) is 6.50. The lowest BCUT2D eigenvalue weighted by molar-refractivity contribution is -0.115. The summed E-state index contributed by atoms with van der Waals surface area (Å²) in [5, 5.41) is 8.24. The molecule has 0 aliphatic carbocycles. The summed E-state index contributed by atoms with van der Waals surface area (Å²) in [4.78, 5) is 22.7. The van der Waals surface area contributed by atoms with E-state index in [1.165, 1.54) is 0 Å². The molecule has 0 radical (unpaired) electrons. The monoisotopic (exact) mass is 263 g/mol. The van der Waals surface area contributed by atoms with Gasteiger partial charge in [0.1, 0.15) is 0 Å². The van der Waals surface area contributed by atoms with E-state index in [0.29, 0.717) is 24.6 Å². The van der Waals surface area contributed by atoms with E-state index < -0.39 is 0 Å². The molecule has 0 saturated carbocycles. The van der Waals surface area contributed by atoms with Gasteiger partial charge in [-0.25, -0.2) is 4.79 Å². The highest BCUT2D eigenvalue weighted by Gasteiger charge is 2.03. The molecule has 5 heteroatoms. The van der Waals surface area contributed by atoms with Crippen LogP contribution in [-0.2, 0) is 4.79 Å². The Morgan fingerprint density at radius 1 is 1.05 bits per heavy atom. The Hall–Kier alpha value is -2.04. The van der Waals surface area contributed by atoms with E-state index >= 15 is 0 Å². The molecule has 0 heterocycles. The number of urea groups is 1. The van der Waals surface area contributed by atoms with Crippen LogP contribution in [0.2, 0.25) is 0 Å². The molecule has 3 amide bonds. The van der Waals surface area contributed by atoms with Gasteiger partial charge in [-0.2, -0.15) is 0 Å². The second-order valence-electron chi connectivity index (χ2n) is 4.71. The zero-order chi connectivity index (χ0) is 14.3. The molecule has 19 heavy (non-hydrogen) atoms. The molecule has 0 atom stereocenters. The van der Waals surface area contributed by atoms with Gasteiger partial charge in [0.05, 0.1) is 0 Å². The maximum absolute atomic E-state index is 11.5. The number of carbonyl (C=O) groups excluding carboxylic acids is 2. The van der Waals surface area contributed by atoms with Crippen LogP contribution >= 0.6 is 0 Å². The minimum atomic E-state index is -0.223. The number of hydrogen-bond acceptors (Lipinski definition) is 2. The van der Waals surface area contributed by atoms with Crippen LogP contribution < -0.4 is 16.0 Å². The molecule has 0 aromatic heterocycles. The van der Waals surface area contributed by atoms with Gasteiger partial charge < -0.3 is 16.0 Å². The zero-order valence-corrected chi connectivity index (χ0v) is 11.6. The van der Waals surface area contributed by atoms with Crippen LogP contribution in [-0.4, -0.2) is 18.5 Å². The summed E-state index contributed by atoms with van der Waals surface area (Å²) in [6, 6.07) is 6.79. The van der Waals surface area contributed by atoms with Crippen molar-refractivity contribution >= 4 is 23.3 Å². The largest absolute Gasteiger partial charge is 0.338 e. The number of amides is 3. The number of anilines is 2. The molecule has 1 rings (SSSR count). The highest BCUT2D eigenvalue weighted by Crippen LogP contribution is 2.13. The van der Waals surface area contributed by atoms with Crippen LogP contribution in [0.25, 0.3) is 0 Å². The molecule has 104 valence electrons. The normalized spacial score (nSPS) is 10.1. The van der Waals surface area contributed by atoms with Crippen LogP contribution in [0, 0.1) is 5.92 Å². The van der Waals surface area contributed by atoms with Gasteiger partial charge in [0.2, 0.25) is 5.91 Å². The first kappa shape index (κ1) is 15.0. The molecule has 0 aliphatic heterocycles. The zero-order valence-electron chi connectivity index (χ0n) is 11.6. The summed E-state index contributed by atoms with van der Waals surface area (Å²) in [5.41, 5.74) is 1.41. The first-order chi connectivity index (χ1) is 9.01. The van der Waals surface area contributed by atoms with E-state index in [1.807, 2.05) is 13.8 Å². The van der Waals surface area contributed by atoms with Gasteiger partial charge in [0.15, 0.2) is 0 Å². The summed E-state index contributed by atoms with van der Waals surface area (Å²) >= 11 is 0. The first-order valence-electron chi connectivity index (χ1n) is 6.46. The average molecular weight is 263 g/mol. The Morgan fingerprint density at radius 3 is 2.05 bits per heavy atom. The van der Waals surface area contributed by atoms with Gasteiger partial charge in [0.25, 0.3) is 0 Å². The van der Waals surface area contributed by atoms with Crippen LogP contribution in [0.15, 0.2) is 24.3 Å². The number of hydrogen-bond donors (Lipinski definition) is 3. The lowest BCUT2D eigenvalue weighted by Crippen LogP contribution is -2.31. The van der Waals surface area contributed by atoms with Crippen molar-refractivity contribution in [3.05, 3.63) is 24.3 Å². The third-order valence-corrected chi connectivity index (χ3v) is 2.42. The SMILES string of the molecule is CCC(=O)Nc1ccc(NC(=O)NCC(C)C)cc1. The van der Waals surface area contributed by atoms with E-state index in [1.54, 1.807) is 31.2 Å². The highest BCUT2D eigenvalue weighted by molar-refractivity contribution is 5.92. The molecule has 0 unspecified atom stereocenters. The second kappa shape index (κ2) is 7.41. The molecular formula is C14H21N3O2. The van der Waals surface area contributed by atoms with Crippen molar-refractivity contribution in [1.29, 1.82) is 0 Å². The van der Waals surface area contributed by atoms with Crippen LogP contribution in [0.5, 0.6) is 0 Å². The average Bonchev–Trinajstić information content (AvgIpc) is 2.38. The van der Waals surface area contributed by atoms with Crippen LogP contribution in [0.3, 0.4) is 0 Å². The Balaban J connectivity index is 2.47. The molecule has 1 aromatic rings. The van der Waals surface area contributed by atoms with Gasteiger partial charge in [-0.15, -0.1) is 0 Å². The fourth-order valence-corrected chi connectivity index (χ4v) is 1.36. The molecule has 0 aliphatic rings. The number of rotatable bonds is 5. The lowest BCUT2D eigenvalue weighted by Gasteiger charge is -2.10. The minimum Gasteiger partial charge on any atom is -0.338 e. The number of nitrogens with one attached hydrogen (secondary N) is 3. The van der Waals surface area contributed by atoms with E-state index in [2.05, 4.69) is 16.0 Å². The van der Waals surface area contributed by atoms with Crippen molar-refractivity contribution in [2.24, 2.45) is 5.92 Å². The van der Waals surface area contributed by atoms with Crippen molar-refractivity contribution in [1.82, 2.24) is 5.32 Å². The molecule has 0 bridgehead atoms. The molecule has 0 spiro atoms. The third kappa shape index (κ3) is 5.90. The number of benzene rings is 1. The summed E-state index contributed by atoms with van der Waals surface area (Å²) in [6.07, 6.45) is 0.442. The Bertz CT molecular complexity index is 427. The summed E-state index contributed by atoms with van der Waals surface area (Å²) in [5.74, 6) is 0.382. The first-order valence-corrected chi connectivity index (χ1v) is 6.46. The number of carbonyl (C=O) groups is 2. The second-order valence-corrected chi connectivity index (χ2v) is 4.71. The highest BCUT2D eigenvalue weighted by atomic mass is 16.2. The van der Waals surface area contributed by atoms with Crippen molar-refractivity contribution in [2.45, 2.75) is 27.2 Å². The molecule has 3 N–H and O–H groups in total. The Morgan fingerprint density at radius 2 is 1.58 bits per heavy atom. The van der Waals surface area contributed by atoms with Gasteiger partial charge in [-0.1, -0.05) is 20.8 Å². The van der Waals surface area contributed by atoms with Gasteiger partial charge in [0, 0.05) is 24.3 Å². The fraction of sp³-hybridized carbons (Fsp3) is 0.429. The van der Waals surface area contributed by atoms with E-state index in [4.69, 9.17) is 0 Å². The Labute approximate surface area is 113 Å². The lowest BCUT2D eigenvalue weighted by atomic mass is 10.2. The molecular weight excluding hydrogens is 242 g/mol. The fourth-order valence-electron chi connectivity index (χ4n) is 1.36. The topological polar surface area (TPSA) is 70.2 Å². The minimum absolute atomic E-state index is 0.0321. The van der Waals surface area contributed by atoms with Crippen molar-refractivity contribution < 1.29 is 9.59 Å². The summed E-state index contributed by atoms with van der Waals surface area (Å²) in [7, 11) is 0. The van der Waals surface area contributed by atoms with Crippen LogP contribution in [0.1, 0.15) is 27.2 Å². The predicted octanol–water partition coefficient (Wildman–Crippen LogP) is 2.81. The van der Waals surface area contributed by atoms with E-state index in [0.717, 1.165) is 5.69 Å². The maximum atomic E-state index is 11.5. The maximum Gasteiger partial charge on any atom is 0.319 e. The quantitative estimate of drug-likeness (QED) is 0.764.